The lowest BCUT2D eigenvalue weighted by atomic mass is 10.1. The van der Waals surface area contributed by atoms with Crippen LogP contribution in [0.1, 0.15) is 5.69 Å². The minimum absolute atomic E-state index is 0.976. The number of rotatable bonds is 1. The van der Waals surface area contributed by atoms with Crippen LogP contribution in [0.2, 0.25) is 0 Å². The zero-order valence-corrected chi connectivity index (χ0v) is 8.96. The highest BCUT2D eigenvalue weighted by Gasteiger charge is 2.06. The van der Waals surface area contributed by atoms with Crippen LogP contribution in [0.25, 0.3) is 16.8 Å². The van der Waals surface area contributed by atoms with Gasteiger partial charge in [-0.1, -0.05) is 30.3 Å². The molecule has 1 aromatic carbocycles. The Labute approximate surface area is 93.4 Å². The Bertz CT molecular complexity index is 626. The molecule has 0 atom stereocenters. The van der Waals surface area contributed by atoms with E-state index in [1.807, 2.05) is 35.8 Å². The lowest BCUT2D eigenvalue weighted by Crippen LogP contribution is -1.91. The number of aromatic nitrogens is 3. The molecule has 0 N–H and O–H groups in total. The largest absolute Gasteiger partial charge is 0.252 e. The number of hydrogen-bond donors (Lipinski definition) is 0. The highest BCUT2D eigenvalue weighted by atomic mass is 15.2. The summed E-state index contributed by atoms with van der Waals surface area (Å²) in [6.45, 7) is 1.99. The summed E-state index contributed by atoms with van der Waals surface area (Å²) in [4.78, 5) is 4.43. The van der Waals surface area contributed by atoms with Gasteiger partial charge in [0.2, 0.25) is 0 Å². The Hall–Kier alpha value is -2.16. The van der Waals surface area contributed by atoms with Gasteiger partial charge in [0.05, 0.1) is 16.9 Å². The maximum Gasteiger partial charge on any atom is 0.0960 e. The number of aryl methyl sites for hydroxylation is 1. The molecule has 2 heterocycles. The second-order valence-electron chi connectivity index (χ2n) is 3.76. The number of hydrogen-bond acceptors (Lipinski definition) is 2. The number of nitrogens with zero attached hydrogens (tertiary/aromatic N) is 3. The summed E-state index contributed by atoms with van der Waals surface area (Å²) in [6.07, 6.45) is 3.65. The quantitative estimate of drug-likeness (QED) is 0.616. The molecule has 0 saturated heterocycles. The van der Waals surface area contributed by atoms with Crippen molar-refractivity contribution < 1.29 is 0 Å². The average Bonchev–Trinajstić information content (AvgIpc) is 2.70. The van der Waals surface area contributed by atoms with Gasteiger partial charge in [0.15, 0.2) is 0 Å². The third-order valence-electron chi connectivity index (χ3n) is 2.56. The van der Waals surface area contributed by atoms with E-state index in [0.717, 1.165) is 22.5 Å². The van der Waals surface area contributed by atoms with Gasteiger partial charge >= 0.3 is 0 Å². The van der Waals surface area contributed by atoms with Gasteiger partial charge in [0.25, 0.3) is 0 Å². The summed E-state index contributed by atoms with van der Waals surface area (Å²) in [6, 6.07) is 12.2. The molecule has 0 saturated carbocycles. The van der Waals surface area contributed by atoms with Crippen LogP contribution in [0, 0.1) is 6.92 Å². The zero-order valence-electron chi connectivity index (χ0n) is 8.96. The van der Waals surface area contributed by atoms with Gasteiger partial charge in [-0.3, -0.25) is 4.98 Å². The van der Waals surface area contributed by atoms with E-state index in [4.69, 9.17) is 0 Å². The molecular weight excluding hydrogens is 198 g/mol. The molecule has 0 aliphatic rings. The van der Waals surface area contributed by atoms with E-state index in [0.29, 0.717) is 0 Å². The molecule has 16 heavy (non-hydrogen) atoms. The average molecular weight is 209 g/mol. The standard InChI is InChI=1S/C13H11N3/c1-10-9-12-13(11-5-3-2-4-6-11)14-7-8-16(12)15-10/h2-9H,1H3. The van der Waals surface area contributed by atoms with Crippen LogP contribution in [0.15, 0.2) is 48.8 Å². The highest BCUT2D eigenvalue weighted by molar-refractivity contribution is 5.76. The topological polar surface area (TPSA) is 30.2 Å². The fourth-order valence-electron chi connectivity index (χ4n) is 1.86. The maximum absolute atomic E-state index is 4.43. The fourth-order valence-corrected chi connectivity index (χ4v) is 1.86. The van der Waals surface area contributed by atoms with Gasteiger partial charge in [0.1, 0.15) is 0 Å². The van der Waals surface area contributed by atoms with Crippen LogP contribution in [0.3, 0.4) is 0 Å². The van der Waals surface area contributed by atoms with Crippen molar-refractivity contribution in [2.75, 3.05) is 0 Å². The second-order valence-corrected chi connectivity index (χ2v) is 3.76. The van der Waals surface area contributed by atoms with Crippen LogP contribution >= 0.6 is 0 Å². The SMILES string of the molecule is Cc1cc2c(-c3ccccc3)nccn2n1. The Balaban J connectivity index is 2.31. The number of fused-ring (bicyclic) bond motifs is 1. The predicted octanol–water partition coefficient (Wildman–Crippen LogP) is 2.70. The molecule has 3 aromatic rings. The first kappa shape index (κ1) is 9.09. The van der Waals surface area contributed by atoms with Crippen molar-refractivity contribution in [1.82, 2.24) is 14.6 Å². The lowest BCUT2D eigenvalue weighted by molar-refractivity contribution is 0.924. The molecule has 2 aromatic heterocycles. The van der Waals surface area contributed by atoms with Gasteiger partial charge in [-0.05, 0) is 13.0 Å². The summed E-state index contributed by atoms with van der Waals surface area (Å²) in [5.74, 6) is 0. The molecule has 0 radical (unpaired) electrons. The molecule has 0 spiro atoms. The van der Waals surface area contributed by atoms with Crippen molar-refractivity contribution in [2.24, 2.45) is 0 Å². The molecule has 0 aliphatic heterocycles. The monoisotopic (exact) mass is 209 g/mol. The Morgan fingerprint density at radius 2 is 1.94 bits per heavy atom. The van der Waals surface area contributed by atoms with Crippen LogP contribution < -0.4 is 0 Å². The molecule has 0 unspecified atom stereocenters. The van der Waals surface area contributed by atoms with Crippen molar-refractivity contribution in [3.8, 4) is 11.3 Å². The molecule has 3 heteroatoms. The van der Waals surface area contributed by atoms with Gasteiger partial charge < -0.3 is 0 Å². The summed E-state index contributed by atoms with van der Waals surface area (Å²) >= 11 is 0. The van der Waals surface area contributed by atoms with Crippen LogP contribution in [0.4, 0.5) is 0 Å². The van der Waals surface area contributed by atoms with Gasteiger partial charge in [0, 0.05) is 18.0 Å². The molecule has 78 valence electrons. The van der Waals surface area contributed by atoms with E-state index in [1.54, 1.807) is 6.20 Å². The van der Waals surface area contributed by atoms with E-state index >= 15 is 0 Å². The first-order valence-electron chi connectivity index (χ1n) is 5.21. The third kappa shape index (κ3) is 1.37. The summed E-state index contributed by atoms with van der Waals surface area (Å²) in [5.41, 5.74) is 4.15. The van der Waals surface area contributed by atoms with Gasteiger partial charge in [-0.2, -0.15) is 5.10 Å². The first-order chi connectivity index (χ1) is 7.84. The summed E-state index contributed by atoms with van der Waals surface area (Å²) in [7, 11) is 0. The third-order valence-corrected chi connectivity index (χ3v) is 2.56. The lowest BCUT2D eigenvalue weighted by Gasteiger charge is -2.01. The highest BCUT2D eigenvalue weighted by Crippen LogP contribution is 2.21. The predicted molar refractivity (Wildman–Crippen MR) is 63.2 cm³/mol. The van der Waals surface area contributed by atoms with E-state index in [1.165, 1.54) is 0 Å². The van der Waals surface area contributed by atoms with E-state index in [9.17, 15) is 0 Å². The summed E-state index contributed by atoms with van der Waals surface area (Å²) in [5, 5.41) is 4.38. The molecule has 0 bridgehead atoms. The molecule has 0 amide bonds. The minimum Gasteiger partial charge on any atom is -0.252 e. The van der Waals surface area contributed by atoms with Crippen molar-refractivity contribution in [3.63, 3.8) is 0 Å². The normalized spacial score (nSPS) is 10.8. The van der Waals surface area contributed by atoms with Crippen LogP contribution in [0.5, 0.6) is 0 Å². The molecule has 0 fully saturated rings. The molecule has 0 aliphatic carbocycles. The Morgan fingerprint density at radius 3 is 2.75 bits per heavy atom. The van der Waals surface area contributed by atoms with Crippen molar-refractivity contribution in [1.29, 1.82) is 0 Å². The first-order valence-corrected chi connectivity index (χ1v) is 5.21. The smallest absolute Gasteiger partial charge is 0.0960 e. The van der Waals surface area contributed by atoms with E-state index in [-0.39, 0.29) is 0 Å². The van der Waals surface area contributed by atoms with Gasteiger partial charge in [-0.25, -0.2) is 4.52 Å². The second kappa shape index (κ2) is 3.45. The minimum atomic E-state index is 0.976. The van der Waals surface area contributed by atoms with E-state index in [2.05, 4.69) is 28.3 Å². The summed E-state index contributed by atoms with van der Waals surface area (Å²) < 4.78 is 1.87. The maximum atomic E-state index is 4.43. The zero-order chi connectivity index (χ0) is 11.0. The van der Waals surface area contributed by atoms with Crippen molar-refractivity contribution >= 4 is 5.52 Å². The molecular formula is C13H11N3. The van der Waals surface area contributed by atoms with Gasteiger partial charge in [-0.15, -0.1) is 0 Å². The van der Waals surface area contributed by atoms with Crippen LogP contribution in [-0.4, -0.2) is 14.6 Å². The fraction of sp³-hybridized carbons (Fsp3) is 0.0769. The Kier molecular flexibility index (Phi) is 1.96. The Morgan fingerprint density at radius 1 is 1.12 bits per heavy atom. The van der Waals surface area contributed by atoms with Crippen molar-refractivity contribution in [2.45, 2.75) is 6.92 Å². The van der Waals surface area contributed by atoms with E-state index < -0.39 is 0 Å². The molecule has 3 rings (SSSR count). The van der Waals surface area contributed by atoms with Crippen molar-refractivity contribution in [3.05, 3.63) is 54.5 Å². The number of benzene rings is 1. The molecule has 3 nitrogen and oxygen atoms in total. The van der Waals surface area contributed by atoms with Crippen LogP contribution in [-0.2, 0) is 0 Å².